The molecule has 9 heteroatoms. The molecule has 0 unspecified atom stereocenters. The summed E-state index contributed by atoms with van der Waals surface area (Å²) in [5.41, 5.74) is 11.9. The van der Waals surface area contributed by atoms with Crippen LogP contribution in [-0.2, 0) is 22.6 Å². The van der Waals surface area contributed by atoms with Gasteiger partial charge >= 0.3 is 0 Å². The van der Waals surface area contributed by atoms with Crippen LogP contribution in [0.3, 0.4) is 0 Å². The summed E-state index contributed by atoms with van der Waals surface area (Å²) in [4.78, 5) is 29.5. The van der Waals surface area contributed by atoms with Crippen molar-refractivity contribution in [2.24, 2.45) is 5.73 Å². The molecule has 0 aliphatic heterocycles. The molecule has 0 fully saturated rings. The van der Waals surface area contributed by atoms with Crippen LogP contribution < -0.4 is 30.7 Å². The van der Waals surface area contributed by atoms with E-state index in [4.69, 9.17) is 15.2 Å². The standard InChI is InChI=1S/C43H48N4O5/c1-51-37-24-18-31(19-25-37)29-39(44)42(49)46-40(43(50)45-35-20-16-32(30-48)17-21-35)15-9-10-28-47(36-22-26-38(52-2)27-23-36)41(33-11-5-3-6-12-33)34-13-7-4-8-14-34/h3-8,11-14,16-27,39-41,48H,9-10,15,28-30,44H2,1-2H3,(H,45,50)(H,46,49)/t39-,40-/m0/s1. The predicted octanol–water partition coefficient (Wildman–Crippen LogP) is 6.66. The Morgan fingerprint density at radius 2 is 1.23 bits per heavy atom. The summed E-state index contributed by atoms with van der Waals surface area (Å²) in [6.07, 6.45) is 2.10. The lowest BCUT2D eigenvalue weighted by Gasteiger charge is -2.35. The molecule has 0 bridgehead atoms. The summed E-state index contributed by atoms with van der Waals surface area (Å²) in [5, 5.41) is 15.3. The van der Waals surface area contributed by atoms with Crippen LogP contribution in [0, 0.1) is 0 Å². The number of nitrogens with zero attached hydrogens (tertiary/aromatic N) is 1. The van der Waals surface area contributed by atoms with Gasteiger partial charge in [-0.1, -0.05) is 84.9 Å². The Hall–Kier alpha value is -5.64. The quantitative estimate of drug-likeness (QED) is 0.0754. The van der Waals surface area contributed by atoms with E-state index >= 15 is 0 Å². The lowest BCUT2D eigenvalue weighted by Crippen LogP contribution is -2.50. The molecule has 5 rings (SSSR count). The monoisotopic (exact) mass is 700 g/mol. The molecule has 5 aromatic rings. The fourth-order valence-electron chi connectivity index (χ4n) is 6.21. The number of amides is 2. The summed E-state index contributed by atoms with van der Waals surface area (Å²) in [7, 11) is 3.26. The number of nitrogens with two attached hydrogens (primary N) is 1. The van der Waals surface area contributed by atoms with Crippen molar-refractivity contribution >= 4 is 23.2 Å². The molecule has 5 N–H and O–H groups in total. The maximum Gasteiger partial charge on any atom is 0.246 e. The van der Waals surface area contributed by atoms with Gasteiger partial charge in [0.1, 0.15) is 17.5 Å². The number of unbranched alkanes of at least 4 members (excludes halogenated alkanes) is 1. The summed E-state index contributed by atoms with van der Waals surface area (Å²) in [6, 6.07) is 41.5. The molecular formula is C43H48N4O5. The fourth-order valence-corrected chi connectivity index (χ4v) is 6.21. The summed E-state index contributed by atoms with van der Waals surface area (Å²) >= 11 is 0. The second-order valence-electron chi connectivity index (χ2n) is 12.7. The molecule has 5 aromatic carbocycles. The number of hydrogen-bond acceptors (Lipinski definition) is 7. The number of aliphatic hydroxyl groups excluding tert-OH is 1. The van der Waals surface area contributed by atoms with Gasteiger partial charge in [0.2, 0.25) is 11.8 Å². The van der Waals surface area contributed by atoms with Crippen molar-refractivity contribution in [2.75, 3.05) is 31.0 Å². The van der Waals surface area contributed by atoms with Crippen LogP contribution in [0.15, 0.2) is 133 Å². The number of methoxy groups -OCH3 is 2. The average Bonchev–Trinajstić information content (AvgIpc) is 3.19. The average molecular weight is 701 g/mol. The molecule has 2 atom stereocenters. The minimum atomic E-state index is -0.851. The SMILES string of the molecule is COc1ccc(C[C@H](N)C(=O)N[C@@H](CCCCN(c2ccc(OC)cc2)C(c2ccccc2)c2ccccc2)C(=O)Nc2ccc(CO)cc2)cc1. The van der Waals surface area contributed by atoms with Crippen LogP contribution in [0.2, 0.25) is 0 Å². The van der Waals surface area contributed by atoms with Gasteiger partial charge in [-0.25, -0.2) is 0 Å². The highest BCUT2D eigenvalue weighted by atomic mass is 16.5. The van der Waals surface area contributed by atoms with Gasteiger partial charge in [0.05, 0.1) is 32.9 Å². The van der Waals surface area contributed by atoms with Gasteiger partial charge in [0.25, 0.3) is 0 Å². The highest BCUT2D eigenvalue weighted by Crippen LogP contribution is 2.34. The molecule has 9 nitrogen and oxygen atoms in total. The number of aliphatic hydroxyl groups is 1. The summed E-state index contributed by atoms with van der Waals surface area (Å²) in [5.74, 6) is 0.760. The zero-order valence-electron chi connectivity index (χ0n) is 29.8. The van der Waals surface area contributed by atoms with E-state index in [1.54, 1.807) is 38.5 Å². The third kappa shape index (κ3) is 10.4. The van der Waals surface area contributed by atoms with Crippen molar-refractivity contribution in [1.29, 1.82) is 0 Å². The second-order valence-corrected chi connectivity index (χ2v) is 12.7. The number of benzene rings is 5. The van der Waals surface area contributed by atoms with Crippen molar-refractivity contribution in [1.82, 2.24) is 5.32 Å². The molecule has 0 spiro atoms. The predicted molar refractivity (Wildman–Crippen MR) is 207 cm³/mol. The Bertz CT molecular complexity index is 1780. The van der Waals surface area contributed by atoms with E-state index in [0.717, 1.165) is 45.9 Å². The third-order valence-electron chi connectivity index (χ3n) is 9.08. The van der Waals surface area contributed by atoms with Crippen LogP contribution in [0.25, 0.3) is 0 Å². The lowest BCUT2D eigenvalue weighted by molar-refractivity contribution is -0.127. The zero-order chi connectivity index (χ0) is 36.7. The Balaban J connectivity index is 1.33. The van der Waals surface area contributed by atoms with Crippen LogP contribution in [0.5, 0.6) is 11.5 Å². The van der Waals surface area contributed by atoms with Gasteiger partial charge < -0.3 is 35.8 Å². The topological polar surface area (TPSA) is 126 Å². The van der Waals surface area contributed by atoms with E-state index < -0.39 is 18.0 Å². The van der Waals surface area contributed by atoms with E-state index in [1.807, 2.05) is 48.5 Å². The minimum absolute atomic E-state index is 0.0626. The Morgan fingerprint density at radius 1 is 0.692 bits per heavy atom. The Kier molecular flexibility index (Phi) is 13.8. The van der Waals surface area contributed by atoms with Crippen LogP contribution >= 0.6 is 0 Å². The third-order valence-corrected chi connectivity index (χ3v) is 9.08. The van der Waals surface area contributed by atoms with Crippen molar-refractivity contribution < 1.29 is 24.2 Å². The number of carbonyl (C=O) groups excluding carboxylic acids is 2. The number of anilines is 2. The van der Waals surface area contributed by atoms with Gasteiger partial charge in [-0.3, -0.25) is 9.59 Å². The van der Waals surface area contributed by atoms with Crippen LogP contribution in [-0.4, -0.2) is 49.8 Å². The van der Waals surface area contributed by atoms with Crippen molar-refractivity contribution in [3.63, 3.8) is 0 Å². The van der Waals surface area contributed by atoms with E-state index in [0.29, 0.717) is 31.5 Å². The molecule has 0 heterocycles. The number of rotatable bonds is 18. The van der Waals surface area contributed by atoms with Gasteiger partial charge in [-0.2, -0.15) is 0 Å². The maximum absolute atomic E-state index is 13.7. The number of carbonyl (C=O) groups is 2. The van der Waals surface area contributed by atoms with Gasteiger partial charge in [0, 0.05) is 17.9 Å². The van der Waals surface area contributed by atoms with Crippen LogP contribution in [0.1, 0.15) is 47.6 Å². The smallest absolute Gasteiger partial charge is 0.246 e. The number of hydrogen-bond donors (Lipinski definition) is 4. The normalized spacial score (nSPS) is 12.1. The fraction of sp³-hybridized carbons (Fsp3) is 0.256. The second kappa shape index (κ2) is 19.1. The number of ether oxygens (including phenoxy) is 2. The molecule has 0 saturated carbocycles. The molecule has 270 valence electrons. The maximum atomic E-state index is 13.7. The van der Waals surface area contributed by atoms with Gasteiger partial charge in [0.15, 0.2) is 0 Å². The summed E-state index contributed by atoms with van der Waals surface area (Å²) in [6.45, 7) is 0.588. The van der Waals surface area contributed by atoms with E-state index in [-0.39, 0.29) is 18.6 Å². The van der Waals surface area contributed by atoms with Crippen molar-refractivity contribution in [3.8, 4) is 11.5 Å². The zero-order valence-corrected chi connectivity index (χ0v) is 29.8. The first-order valence-electron chi connectivity index (χ1n) is 17.6. The van der Waals surface area contributed by atoms with Crippen LogP contribution in [0.4, 0.5) is 11.4 Å². The highest BCUT2D eigenvalue weighted by molar-refractivity contribution is 5.97. The first kappa shape index (κ1) is 37.6. The Labute approximate surface area is 306 Å². The molecule has 0 aromatic heterocycles. The molecule has 2 amide bonds. The molecule has 0 aliphatic carbocycles. The molecule has 0 saturated heterocycles. The van der Waals surface area contributed by atoms with Gasteiger partial charge in [-0.05, 0) is 96.5 Å². The lowest BCUT2D eigenvalue weighted by atomic mass is 9.95. The first-order chi connectivity index (χ1) is 25.4. The summed E-state index contributed by atoms with van der Waals surface area (Å²) < 4.78 is 10.7. The number of nitrogens with one attached hydrogen (secondary N) is 2. The minimum Gasteiger partial charge on any atom is -0.497 e. The van der Waals surface area contributed by atoms with Gasteiger partial charge in [-0.15, -0.1) is 0 Å². The highest BCUT2D eigenvalue weighted by Gasteiger charge is 2.26. The molecule has 52 heavy (non-hydrogen) atoms. The van der Waals surface area contributed by atoms with Crippen molar-refractivity contribution in [3.05, 3.63) is 156 Å². The largest absolute Gasteiger partial charge is 0.497 e. The Morgan fingerprint density at radius 3 is 1.77 bits per heavy atom. The van der Waals surface area contributed by atoms with E-state index in [1.165, 1.54) is 0 Å². The molecule has 0 radical (unpaired) electrons. The molecule has 0 aliphatic rings. The van der Waals surface area contributed by atoms with E-state index in [9.17, 15) is 14.7 Å². The first-order valence-corrected chi connectivity index (χ1v) is 17.6. The molecular weight excluding hydrogens is 652 g/mol. The van der Waals surface area contributed by atoms with Crippen molar-refractivity contribution in [2.45, 2.75) is 50.4 Å². The van der Waals surface area contributed by atoms with E-state index in [2.05, 4.69) is 76.2 Å².